The number of terminal acetylenes is 1. The predicted molar refractivity (Wildman–Crippen MR) is 96.7 cm³/mol. The van der Waals surface area contributed by atoms with E-state index in [1.165, 1.54) is 0 Å². The zero-order valence-electron chi connectivity index (χ0n) is 16.7. The third-order valence-corrected chi connectivity index (χ3v) is 6.44. The van der Waals surface area contributed by atoms with Gasteiger partial charge < -0.3 is 18.9 Å². The van der Waals surface area contributed by atoms with Gasteiger partial charge in [0, 0.05) is 30.1 Å². The lowest BCUT2D eigenvalue weighted by Crippen LogP contribution is -2.58. The molecule has 0 radical (unpaired) electrons. The number of hydrogen-bond acceptors (Lipinski definition) is 4. The largest absolute Gasteiger partial charge is 0.347 e. The highest BCUT2D eigenvalue weighted by Crippen LogP contribution is 2.47. The van der Waals surface area contributed by atoms with E-state index in [0.717, 1.165) is 12.8 Å². The summed E-state index contributed by atoms with van der Waals surface area (Å²) in [5, 5.41) is 0. The van der Waals surface area contributed by atoms with Crippen LogP contribution in [0.3, 0.4) is 0 Å². The van der Waals surface area contributed by atoms with Crippen LogP contribution in [0.5, 0.6) is 0 Å². The Morgan fingerprint density at radius 1 is 0.920 bits per heavy atom. The Labute approximate surface area is 152 Å². The zero-order chi connectivity index (χ0) is 18.6. The molecule has 0 amide bonds. The lowest BCUT2D eigenvalue weighted by molar-refractivity contribution is -0.353. The molecule has 3 fully saturated rings. The summed E-state index contributed by atoms with van der Waals surface area (Å²) < 4.78 is 25.1. The molecule has 0 spiro atoms. The van der Waals surface area contributed by atoms with Gasteiger partial charge in [0.1, 0.15) is 0 Å². The van der Waals surface area contributed by atoms with Crippen LogP contribution in [0.1, 0.15) is 61.3 Å². The molecule has 0 aliphatic carbocycles. The molecule has 0 saturated carbocycles. The van der Waals surface area contributed by atoms with Gasteiger partial charge in [0.05, 0.1) is 24.4 Å². The van der Waals surface area contributed by atoms with Gasteiger partial charge in [0.25, 0.3) is 0 Å². The van der Waals surface area contributed by atoms with E-state index in [0.29, 0.717) is 5.92 Å². The molecule has 2 bridgehead atoms. The Bertz CT molecular complexity index is 539. The van der Waals surface area contributed by atoms with Crippen LogP contribution in [-0.2, 0) is 18.9 Å². The van der Waals surface area contributed by atoms with E-state index in [4.69, 9.17) is 25.4 Å². The molecule has 0 aromatic carbocycles. The van der Waals surface area contributed by atoms with Gasteiger partial charge in [-0.1, -0.05) is 20.8 Å². The van der Waals surface area contributed by atoms with Crippen molar-refractivity contribution in [3.05, 3.63) is 0 Å². The van der Waals surface area contributed by atoms with Crippen molar-refractivity contribution >= 4 is 0 Å². The smallest absolute Gasteiger partial charge is 0.166 e. The summed E-state index contributed by atoms with van der Waals surface area (Å²) >= 11 is 0. The molecule has 3 aliphatic heterocycles. The maximum atomic E-state index is 6.45. The van der Waals surface area contributed by atoms with E-state index in [2.05, 4.69) is 40.5 Å². The predicted octanol–water partition coefficient (Wildman–Crippen LogP) is 3.98. The van der Waals surface area contributed by atoms with Gasteiger partial charge in [-0.25, -0.2) is 0 Å². The maximum Gasteiger partial charge on any atom is 0.166 e. The molecule has 4 nitrogen and oxygen atoms in total. The Hall–Kier alpha value is -0.600. The van der Waals surface area contributed by atoms with Crippen LogP contribution < -0.4 is 0 Å². The minimum absolute atomic E-state index is 0.0105. The molecule has 0 N–H and O–H groups in total. The molecule has 25 heavy (non-hydrogen) atoms. The maximum absolute atomic E-state index is 6.45. The molecule has 9 atom stereocenters. The van der Waals surface area contributed by atoms with Gasteiger partial charge in [-0.15, -0.1) is 12.3 Å². The minimum atomic E-state index is -0.640. The van der Waals surface area contributed by atoms with Gasteiger partial charge in [0.2, 0.25) is 0 Å². The summed E-state index contributed by atoms with van der Waals surface area (Å²) in [5.41, 5.74) is 0. The second kappa shape index (κ2) is 6.53. The first-order valence-corrected chi connectivity index (χ1v) is 9.74. The second-order valence-electron chi connectivity index (χ2n) is 9.01. The Kier molecular flexibility index (Phi) is 5.01. The fraction of sp³-hybridized carbons (Fsp3) is 0.905. The highest BCUT2D eigenvalue weighted by atomic mass is 16.7. The van der Waals surface area contributed by atoms with Crippen LogP contribution in [0.25, 0.3) is 0 Å². The van der Waals surface area contributed by atoms with Crippen LogP contribution in [0.4, 0.5) is 0 Å². The number of hydrogen-bond donors (Lipinski definition) is 0. The van der Waals surface area contributed by atoms with Crippen molar-refractivity contribution in [2.24, 2.45) is 23.7 Å². The quantitative estimate of drug-likeness (QED) is 0.722. The summed E-state index contributed by atoms with van der Waals surface area (Å²) in [5.74, 6) is 2.62. The molecule has 3 heterocycles. The van der Waals surface area contributed by atoms with E-state index in [-0.39, 0.29) is 42.2 Å². The van der Waals surface area contributed by atoms with Crippen LogP contribution in [0, 0.1) is 36.0 Å². The van der Waals surface area contributed by atoms with Gasteiger partial charge >= 0.3 is 0 Å². The molecule has 0 unspecified atom stereocenters. The molecular weight excluding hydrogens is 316 g/mol. The third-order valence-electron chi connectivity index (χ3n) is 6.44. The van der Waals surface area contributed by atoms with Crippen molar-refractivity contribution in [2.45, 2.75) is 97.3 Å². The number of rotatable bonds is 3. The van der Waals surface area contributed by atoms with Gasteiger partial charge in [-0.3, -0.25) is 0 Å². The average Bonchev–Trinajstić information content (AvgIpc) is 2.89. The van der Waals surface area contributed by atoms with Crippen LogP contribution in [-0.4, -0.2) is 36.0 Å². The van der Waals surface area contributed by atoms with Gasteiger partial charge in [-0.05, 0) is 34.1 Å². The van der Waals surface area contributed by atoms with E-state index < -0.39 is 11.6 Å². The summed E-state index contributed by atoms with van der Waals surface area (Å²) in [6, 6.07) is 0. The van der Waals surface area contributed by atoms with Crippen molar-refractivity contribution in [3.8, 4) is 12.3 Å². The van der Waals surface area contributed by atoms with Crippen molar-refractivity contribution in [1.82, 2.24) is 0 Å². The SMILES string of the molecule is C#C[C@H](C)[C@@H]1OC(C)(C)O[C@@H]([C@@H](C)[C@@H]2O[C@@]3(C)CC[C@H](O3)[C@H]2C)[C@@H]1C. The fourth-order valence-corrected chi connectivity index (χ4v) is 5.00. The van der Waals surface area contributed by atoms with Crippen molar-refractivity contribution in [3.63, 3.8) is 0 Å². The standard InChI is InChI=1S/C21H34O4/c1-9-12(2)17-14(4)19(24-20(6,7)23-17)15(5)18-13(3)16-10-11-21(8,22-16)25-18/h1,12-19H,10-11H2,2-8H3/t12-,13+,14+,15-,16-,17-,18+,19+,21-/m0/s1. The van der Waals surface area contributed by atoms with E-state index in [1.807, 2.05) is 13.8 Å². The topological polar surface area (TPSA) is 36.9 Å². The van der Waals surface area contributed by atoms with E-state index in [1.54, 1.807) is 0 Å². The summed E-state index contributed by atoms with van der Waals surface area (Å²) in [6.45, 7) is 14.8. The molecule has 0 aromatic heterocycles. The summed E-state index contributed by atoms with van der Waals surface area (Å²) in [7, 11) is 0. The van der Waals surface area contributed by atoms with Gasteiger partial charge in [-0.2, -0.15) is 0 Å². The fourth-order valence-electron chi connectivity index (χ4n) is 5.00. The van der Waals surface area contributed by atoms with Crippen molar-refractivity contribution in [2.75, 3.05) is 0 Å². The third kappa shape index (κ3) is 3.49. The van der Waals surface area contributed by atoms with Crippen LogP contribution in [0.15, 0.2) is 0 Å². The molecular formula is C21H34O4. The van der Waals surface area contributed by atoms with Crippen LogP contribution >= 0.6 is 0 Å². The van der Waals surface area contributed by atoms with E-state index in [9.17, 15) is 0 Å². The lowest BCUT2D eigenvalue weighted by atomic mass is 9.77. The first-order valence-electron chi connectivity index (χ1n) is 9.74. The normalized spacial score (nSPS) is 48.6. The van der Waals surface area contributed by atoms with Crippen LogP contribution in [0.2, 0.25) is 0 Å². The van der Waals surface area contributed by atoms with Crippen molar-refractivity contribution in [1.29, 1.82) is 0 Å². The molecule has 142 valence electrons. The van der Waals surface area contributed by atoms with E-state index >= 15 is 0 Å². The Balaban J connectivity index is 1.82. The molecule has 3 saturated heterocycles. The molecule has 3 rings (SSSR count). The first kappa shape index (κ1) is 19.2. The number of ether oxygens (including phenoxy) is 4. The Morgan fingerprint density at radius 2 is 1.52 bits per heavy atom. The van der Waals surface area contributed by atoms with Gasteiger partial charge in [0.15, 0.2) is 11.6 Å². The Morgan fingerprint density at radius 3 is 2.16 bits per heavy atom. The monoisotopic (exact) mass is 350 g/mol. The molecule has 3 aliphatic rings. The number of fused-ring (bicyclic) bond motifs is 2. The zero-order valence-corrected chi connectivity index (χ0v) is 16.7. The second-order valence-corrected chi connectivity index (χ2v) is 9.01. The first-order chi connectivity index (χ1) is 11.6. The highest BCUT2D eigenvalue weighted by molar-refractivity contribution is 5.02. The average molecular weight is 350 g/mol. The summed E-state index contributed by atoms with van der Waals surface area (Å²) in [4.78, 5) is 0. The highest BCUT2D eigenvalue weighted by Gasteiger charge is 2.53. The lowest BCUT2D eigenvalue weighted by Gasteiger charge is -2.51. The van der Waals surface area contributed by atoms with Crippen molar-refractivity contribution < 1.29 is 18.9 Å². The summed E-state index contributed by atoms with van der Waals surface area (Å²) in [6.07, 6.45) is 8.17. The minimum Gasteiger partial charge on any atom is -0.347 e. The molecule has 0 aromatic rings. The molecule has 4 heteroatoms.